The zero-order valence-electron chi connectivity index (χ0n) is 15.6. The Kier molecular flexibility index (Phi) is 4.53. The molecule has 3 heterocycles. The lowest BCUT2D eigenvalue weighted by Gasteiger charge is -2.34. The summed E-state index contributed by atoms with van der Waals surface area (Å²) in [6.45, 7) is 1.32. The summed E-state index contributed by atoms with van der Waals surface area (Å²) in [4.78, 5) is 22.0. The second-order valence-corrected chi connectivity index (χ2v) is 7.94. The highest BCUT2D eigenvalue weighted by molar-refractivity contribution is 6.31. The smallest absolute Gasteiger partial charge is 0.325 e. The van der Waals surface area contributed by atoms with Crippen LogP contribution in [0.1, 0.15) is 36.3 Å². The van der Waals surface area contributed by atoms with Gasteiger partial charge in [0.1, 0.15) is 11.6 Å². The van der Waals surface area contributed by atoms with E-state index in [9.17, 15) is 9.90 Å². The van der Waals surface area contributed by atoms with E-state index in [1.54, 1.807) is 12.3 Å². The van der Waals surface area contributed by atoms with Gasteiger partial charge in [-0.15, -0.1) is 0 Å². The predicted octanol–water partition coefficient (Wildman–Crippen LogP) is 4.97. The van der Waals surface area contributed by atoms with Crippen LogP contribution < -0.4 is 0 Å². The topological polar surface area (TPSA) is 82.4 Å². The number of likely N-dealkylation sites (tertiary alicyclic amines) is 1. The van der Waals surface area contributed by atoms with E-state index in [1.165, 1.54) is 0 Å². The molecule has 4 aromatic rings. The van der Waals surface area contributed by atoms with E-state index in [0.29, 0.717) is 18.1 Å². The molecule has 0 spiro atoms. The van der Waals surface area contributed by atoms with Crippen LogP contribution in [0.4, 0.5) is 0 Å². The summed E-state index contributed by atoms with van der Waals surface area (Å²) < 4.78 is 5.93. The molecule has 2 N–H and O–H groups in total. The lowest BCUT2D eigenvalue weighted by Crippen LogP contribution is -2.39. The van der Waals surface area contributed by atoms with Crippen LogP contribution in [0.25, 0.3) is 22.0 Å². The molecular weight excluding hydrogens is 390 g/mol. The van der Waals surface area contributed by atoms with Crippen LogP contribution in [-0.2, 0) is 4.79 Å². The number of oxazole rings is 1. The van der Waals surface area contributed by atoms with Crippen molar-refractivity contribution >= 4 is 39.6 Å². The van der Waals surface area contributed by atoms with Crippen LogP contribution >= 0.6 is 11.6 Å². The molecule has 5 rings (SSSR count). The van der Waals surface area contributed by atoms with E-state index in [-0.39, 0.29) is 5.92 Å². The number of fused-ring (bicyclic) bond motifs is 2. The van der Waals surface area contributed by atoms with Gasteiger partial charge < -0.3 is 14.5 Å². The summed E-state index contributed by atoms with van der Waals surface area (Å²) in [5.74, 6) is 0.0910. The number of benzene rings is 2. The van der Waals surface area contributed by atoms with Crippen molar-refractivity contribution in [1.82, 2.24) is 14.9 Å². The minimum Gasteiger partial charge on any atom is -0.480 e. The molecule has 1 aliphatic heterocycles. The van der Waals surface area contributed by atoms with E-state index in [0.717, 1.165) is 46.3 Å². The van der Waals surface area contributed by atoms with Gasteiger partial charge in [-0.3, -0.25) is 9.69 Å². The molecular formula is C22H20ClN3O3. The van der Waals surface area contributed by atoms with Crippen LogP contribution in [0.15, 0.2) is 53.1 Å². The van der Waals surface area contributed by atoms with Gasteiger partial charge in [0, 0.05) is 46.7 Å². The Hall–Kier alpha value is -2.83. The zero-order valence-corrected chi connectivity index (χ0v) is 16.4. The van der Waals surface area contributed by atoms with Gasteiger partial charge in [-0.05, 0) is 43.2 Å². The third-order valence-electron chi connectivity index (χ3n) is 5.76. The van der Waals surface area contributed by atoms with Gasteiger partial charge in [0.05, 0.1) is 0 Å². The summed E-state index contributed by atoms with van der Waals surface area (Å²) in [6.07, 6.45) is 3.39. The Balaban J connectivity index is 1.38. The largest absolute Gasteiger partial charge is 0.480 e. The average molecular weight is 410 g/mol. The number of rotatable bonds is 4. The molecule has 1 fully saturated rings. The molecule has 2 aromatic carbocycles. The van der Waals surface area contributed by atoms with Crippen molar-refractivity contribution in [1.29, 1.82) is 0 Å². The van der Waals surface area contributed by atoms with Gasteiger partial charge in [0.25, 0.3) is 0 Å². The molecule has 0 saturated carbocycles. The molecule has 0 amide bonds. The highest BCUT2D eigenvalue weighted by Gasteiger charge is 2.34. The number of carboxylic acids is 1. The van der Waals surface area contributed by atoms with Gasteiger partial charge in [-0.2, -0.15) is 0 Å². The summed E-state index contributed by atoms with van der Waals surface area (Å²) in [5.41, 5.74) is 3.29. The summed E-state index contributed by atoms with van der Waals surface area (Å²) in [6, 6.07) is 12.5. The number of carboxylic acid groups (broad SMARTS) is 1. The van der Waals surface area contributed by atoms with Gasteiger partial charge >= 0.3 is 5.97 Å². The normalized spacial score (nSPS) is 17.1. The second kappa shape index (κ2) is 7.21. The van der Waals surface area contributed by atoms with Crippen molar-refractivity contribution in [3.63, 3.8) is 0 Å². The molecule has 2 aromatic heterocycles. The van der Waals surface area contributed by atoms with Crippen molar-refractivity contribution in [3.8, 4) is 0 Å². The number of hydrogen-bond donors (Lipinski definition) is 2. The number of nitrogens with one attached hydrogen (secondary N) is 1. The van der Waals surface area contributed by atoms with Crippen LogP contribution in [0.3, 0.4) is 0 Å². The van der Waals surface area contributed by atoms with Crippen molar-refractivity contribution in [2.75, 3.05) is 13.1 Å². The molecule has 1 aliphatic rings. The molecule has 148 valence electrons. The molecule has 29 heavy (non-hydrogen) atoms. The fourth-order valence-corrected chi connectivity index (χ4v) is 4.47. The van der Waals surface area contributed by atoms with Crippen LogP contribution in [0.2, 0.25) is 5.02 Å². The van der Waals surface area contributed by atoms with E-state index in [2.05, 4.69) is 9.97 Å². The first-order chi connectivity index (χ1) is 14.1. The third-order valence-corrected chi connectivity index (χ3v) is 5.99. The van der Waals surface area contributed by atoms with Crippen LogP contribution in [0, 0.1) is 0 Å². The van der Waals surface area contributed by atoms with Crippen LogP contribution in [0.5, 0.6) is 0 Å². The monoisotopic (exact) mass is 409 g/mol. The molecule has 0 bridgehead atoms. The Morgan fingerprint density at radius 1 is 1.24 bits per heavy atom. The maximum absolute atomic E-state index is 12.2. The molecule has 0 radical (unpaired) electrons. The minimum atomic E-state index is -0.855. The summed E-state index contributed by atoms with van der Waals surface area (Å²) >= 11 is 6.15. The summed E-state index contributed by atoms with van der Waals surface area (Å²) in [5, 5.41) is 11.4. The van der Waals surface area contributed by atoms with Gasteiger partial charge in [0.2, 0.25) is 0 Å². The average Bonchev–Trinajstić information content (AvgIpc) is 3.33. The van der Waals surface area contributed by atoms with Crippen LogP contribution in [-0.4, -0.2) is 39.0 Å². The van der Waals surface area contributed by atoms with Gasteiger partial charge in [0.15, 0.2) is 11.5 Å². The number of H-pyrrole nitrogens is 1. The number of carbonyl (C=O) groups is 1. The quantitative estimate of drug-likeness (QED) is 0.497. The number of para-hydroxylation sites is 2. The Morgan fingerprint density at radius 3 is 2.79 bits per heavy atom. The number of halogens is 1. The third kappa shape index (κ3) is 3.28. The SMILES string of the molecule is O=C(O)[C@H](c1c[nH]c2ccc(Cl)cc12)N1CCC(c2nc3ccccc3o2)CC1. The first-order valence-electron chi connectivity index (χ1n) is 9.69. The number of hydrogen-bond acceptors (Lipinski definition) is 4. The van der Waals surface area contributed by atoms with E-state index in [1.807, 2.05) is 41.3 Å². The molecule has 1 atom stereocenters. The number of aromatic amines is 1. The number of aliphatic carboxylic acids is 1. The molecule has 0 aliphatic carbocycles. The van der Waals surface area contributed by atoms with Gasteiger partial charge in [-0.25, -0.2) is 4.98 Å². The van der Waals surface area contributed by atoms with E-state index < -0.39 is 12.0 Å². The van der Waals surface area contributed by atoms with Crippen molar-refractivity contribution in [3.05, 3.63) is 65.1 Å². The predicted molar refractivity (Wildman–Crippen MR) is 111 cm³/mol. The fraction of sp³-hybridized carbons (Fsp3) is 0.273. The Labute approximate surface area is 172 Å². The molecule has 0 unspecified atom stereocenters. The zero-order chi connectivity index (χ0) is 20.0. The van der Waals surface area contributed by atoms with Crippen molar-refractivity contribution < 1.29 is 14.3 Å². The lowest BCUT2D eigenvalue weighted by molar-refractivity contribution is -0.144. The Bertz CT molecular complexity index is 1160. The van der Waals surface area contributed by atoms with Crippen molar-refractivity contribution in [2.24, 2.45) is 0 Å². The lowest BCUT2D eigenvalue weighted by atomic mass is 9.94. The maximum atomic E-state index is 12.2. The number of piperidine rings is 1. The van der Waals surface area contributed by atoms with Gasteiger partial charge in [-0.1, -0.05) is 23.7 Å². The second-order valence-electron chi connectivity index (χ2n) is 7.50. The molecule has 1 saturated heterocycles. The minimum absolute atomic E-state index is 0.200. The first kappa shape index (κ1) is 18.2. The molecule has 7 heteroatoms. The standard InChI is InChI=1S/C22H20ClN3O3/c23-14-5-6-17-15(11-14)16(12-24-17)20(22(27)28)26-9-7-13(8-10-26)21-25-18-3-1-2-4-19(18)29-21/h1-6,11-13,20,24H,7-10H2,(H,27,28)/t20-/m0/s1. The molecule has 6 nitrogen and oxygen atoms in total. The Morgan fingerprint density at radius 2 is 2.03 bits per heavy atom. The van der Waals surface area contributed by atoms with E-state index >= 15 is 0 Å². The number of aromatic nitrogens is 2. The number of nitrogens with zero attached hydrogens (tertiary/aromatic N) is 2. The summed E-state index contributed by atoms with van der Waals surface area (Å²) in [7, 11) is 0. The highest BCUT2D eigenvalue weighted by Crippen LogP contribution is 2.36. The van der Waals surface area contributed by atoms with E-state index in [4.69, 9.17) is 16.0 Å². The maximum Gasteiger partial charge on any atom is 0.325 e. The first-order valence-corrected chi connectivity index (χ1v) is 10.1. The fourth-order valence-electron chi connectivity index (χ4n) is 4.30. The van der Waals surface area contributed by atoms with Crippen molar-refractivity contribution in [2.45, 2.75) is 24.8 Å². The highest BCUT2D eigenvalue weighted by atomic mass is 35.5.